The van der Waals surface area contributed by atoms with Crippen LogP contribution in [0.2, 0.25) is 0 Å². The summed E-state index contributed by atoms with van der Waals surface area (Å²) in [4.78, 5) is 54.5. The minimum absolute atomic E-state index is 0.335. The van der Waals surface area contributed by atoms with Crippen molar-refractivity contribution in [2.45, 2.75) is 37.8 Å². The first-order chi connectivity index (χ1) is 14.8. The van der Waals surface area contributed by atoms with E-state index in [9.17, 15) is 19.2 Å². The van der Waals surface area contributed by atoms with Gasteiger partial charge in [0.05, 0.1) is 11.4 Å². The van der Waals surface area contributed by atoms with Crippen LogP contribution in [0.4, 0.5) is 16.2 Å². The number of nitrogens with zero attached hydrogens (tertiary/aromatic N) is 2. The zero-order valence-electron chi connectivity index (χ0n) is 17.3. The predicted octanol–water partition coefficient (Wildman–Crippen LogP) is 2.14. The largest absolute Gasteiger partial charge is 0.325 e. The molecule has 2 N–H and O–H groups in total. The van der Waals surface area contributed by atoms with Crippen molar-refractivity contribution in [2.24, 2.45) is 0 Å². The molecule has 2 aliphatic heterocycles. The summed E-state index contributed by atoms with van der Waals surface area (Å²) < 4.78 is 0. The second-order valence-electron chi connectivity index (χ2n) is 8.64. The average molecular weight is 418 g/mol. The Morgan fingerprint density at radius 2 is 1.74 bits per heavy atom. The van der Waals surface area contributed by atoms with Crippen molar-refractivity contribution in [3.63, 3.8) is 0 Å². The number of imide groups is 1. The molecule has 0 bridgehead atoms. The Morgan fingerprint density at radius 3 is 2.55 bits per heavy atom. The number of carbonyl (C=O) groups excluding carboxylic acids is 4. The Bertz CT molecular complexity index is 1160. The Hall–Kier alpha value is -3.68. The summed E-state index contributed by atoms with van der Waals surface area (Å²) in [5, 5.41) is 5.63. The van der Waals surface area contributed by atoms with Crippen LogP contribution in [0.25, 0.3) is 0 Å². The molecule has 1 atom stereocenters. The highest BCUT2D eigenvalue weighted by Crippen LogP contribution is 2.42. The van der Waals surface area contributed by atoms with Gasteiger partial charge in [0.15, 0.2) is 0 Å². The minimum atomic E-state index is -1.18. The van der Waals surface area contributed by atoms with E-state index in [1.165, 1.54) is 4.90 Å². The fourth-order valence-corrected chi connectivity index (χ4v) is 4.84. The van der Waals surface area contributed by atoms with Gasteiger partial charge in [-0.25, -0.2) is 4.79 Å². The number of rotatable bonds is 2. The lowest BCUT2D eigenvalue weighted by Gasteiger charge is -2.42. The molecule has 158 valence electrons. The third-order valence-corrected chi connectivity index (χ3v) is 6.47. The van der Waals surface area contributed by atoms with Crippen molar-refractivity contribution >= 4 is 35.1 Å². The summed E-state index contributed by atoms with van der Waals surface area (Å²) >= 11 is 0. The molecule has 5 rings (SSSR count). The Labute approximate surface area is 179 Å². The molecular weight excluding hydrogens is 396 g/mol. The topological polar surface area (TPSA) is 98.8 Å². The molecule has 1 spiro atoms. The van der Waals surface area contributed by atoms with Gasteiger partial charge in [-0.05, 0) is 49.9 Å². The molecule has 2 aromatic carbocycles. The smallest absolute Gasteiger partial charge is 0.322 e. The third kappa shape index (κ3) is 2.60. The van der Waals surface area contributed by atoms with Crippen LogP contribution in [-0.4, -0.2) is 40.7 Å². The number of benzene rings is 2. The van der Waals surface area contributed by atoms with E-state index in [4.69, 9.17) is 0 Å². The molecule has 2 aromatic rings. The van der Waals surface area contributed by atoms with E-state index in [-0.39, 0.29) is 5.91 Å². The number of amides is 5. The summed E-state index contributed by atoms with van der Waals surface area (Å²) in [6, 6.07) is 13.9. The molecule has 8 heteroatoms. The zero-order valence-corrected chi connectivity index (χ0v) is 17.3. The lowest BCUT2D eigenvalue weighted by atomic mass is 9.92. The van der Waals surface area contributed by atoms with Crippen molar-refractivity contribution in [1.82, 2.24) is 10.2 Å². The van der Waals surface area contributed by atoms with Crippen LogP contribution in [0.3, 0.4) is 0 Å². The van der Waals surface area contributed by atoms with Crippen LogP contribution in [0, 0.1) is 0 Å². The average Bonchev–Trinajstić information content (AvgIpc) is 3.22. The first-order valence-electron chi connectivity index (χ1n) is 10.2. The number of carbonyl (C=O) groups is 4. The first kappa shape index (κ1) is 19.3. The Balaban J connectivity index is 1.47. The van der Waals surface area contributed by atoms with Crippen LogP contribution >= 0.6 is 0 Å². The molecule has 31 heavy (non-hydrogen) atoms. The van der Waals surface area contributed by atoms with Gasteiger partial charge >= 0.3 is 6.03 Å². The fourth-order valence-electron chi connectivity index (χ4n) is 4.84. The number of nitrogens with one attached hydrogen (secondary N) is 2. The maximum absolute atomic E-state index is 13.4. The SMILES string of the molecule is CC1(C)C(=O)Nc2ccccc2N1C(=O)CN1C(=O)N[C@]2(CCc3ccccc32)C1=O. The van der Waals surface area contributed by atoms with Crippen LogP contribution < -0.4 is 15.5 Å². The summed E-state index contributed by atoms with van der Waals surface area (Å²) in [7, 11) is 0. The molecular formula is C23H22N4O4. The van der Waals surface area contributed by atoms with Crippen molar-refractivity contribution in [3.8, 4) is 0 Å². The van der Waals surface area contributed by atoms with E-state index < -0.39 is 35.5 Å². The standard InChI is InChI=1S/C23H22N4O4/c1-22(2)19(29)24-16-9-5-6-10-17(16)27(22)18(28)13-26-20(30)23(25-21(26)31)12-11-14-7-3-4-8-15(14)23/h3-10H,11-13H2,1-2H3,(H,24,29)(H,25,31)/t23-/m0/s1. The normalized spacial score (nSPS) is 23.5. The Morgan fingerprint density at radius 1 is 1.03 bits per heavy atom. The molecule has 2 heterocycles. The molecule has 0 unspecified atom stereocenters. The van der Waals surface area contributed by atoms with Gasteiger partial charge in [0, 0.05) is 0 Å². The number of hydrogen-bond donors (Lipinski definition) is 2. The lowest BCUT2D eigenvalue weighted by Crippen LogP contribution is -2.60. The summed E-state index contributed by atoms with van der Waals surface area (Å²) in [6.07, 6.45) is 1.14. The Kier molecular flexibility index (Phi) is 3.99. The number of fused-ring (bicyclic) bond motifs is 3. The van der Waals surface area contributed by atoms with E-state index in [2.05, 4.69) is 10.6 Å². The number of urea groups is 1. The van der Waals surface area contributed by atoms with Crippen molar-refractivity contribution in [1.29, 1.82) is 0 Å². The van der Waals surface area contributed by atoms with Gasteiger partial charge in [-0.1, -0.05) is 36.4 Å². The molecule has 0 radical (unpaired) electrons. The van der Waals surface area contributed by atoms with Gasteiger partial charge in [-0.2, -0.15) is 0 Å². The van der Waals surface area contributed by atoms with Gasteiger partial charge < -0.3 is 10.6 Å². The predicted molar refractivity (Wildman–Crippen MR) is 113 cm³/mol. The molecule has 1 saturated heterocycles. The van der Waals surface area contributed by atoms with Gasteiger partial charge in [-0.15, -0.1) is 0 Å². The highest BCUT2D eigenvalue weighted by molar-refractivity contribution is 6.16. The molecule has 0 saturated carbocycles. The molecule has 5 amide bonds. The highest BCUT2D eigenvalue weighted by atomic mass is 16.2. The van der Waals surface area contributed by atoms with Crippen molar-refractivity contribution in [3.05, 3.63) is 59.7 Å². The summed E-state index contributed by atoms with van der Waals surface area (Å²) in [6.45, 7) is 2.83. The quantitative estimate of drug-likeness (QED) is 0.730. The molecule has 1 fully saturated rings. The summed E-state index contributed by atoms with van der Waals surface area (Å²) in [5.74, 6) is -1.26. The lowest BCUT2D eigenvalue weighted by molar-refractivity contribution is -0.135. The van der Waals surface area contributed by atoms with E-state index in [0.717, 1.165) is 16.0 Å². The first-order valence-corrected chi connectivity index (χ1v) is 10.2. The monoisotopic (exact) mass is 418 g/mol. The molecule has 8 nitrogen and oxygen atoms in total. The van der Waals surface area contributed by atoms with Gasteiger partial charge in [-0.3, -0.25) is 24.2 Å². The highest BCUT2D eigenvalue weighted by Gasteiger charge is 2.56. The molecule has 3 aliphatic rings. The van der Waals surface area contributed by atoms with Crippen LogP contribution in [0.15, 0.2) is 48.5 Å². The fraction of sp³-hybridized carbons (Fsp3) is 0.304. The van der Waals surface area contributed by atoms with Crippen molar-refractivity contribution < 1.29 is 19.2 Å². The number of anilines is 2. The minimum Gasteiger partial charge on any atom is -0.322 e. The van der Waals surface area contributed by atoms with E-state index >= 15 is 0 Å². The third-order valence-electron chi connectivity index (χ3n) is 6.47. The maximum atomic E-state index is 13.4. The number of aryl methyl sites for hydroxylation is 1. The molecule has 0 aromatic heterocycles. The summed E-state index contributed by atoms with van der Waals surface area (Å²) in [5.41, 5.74) is 0.547. The van der Waals surface area contributed by atoms with Gasteiger partial charge in [0.1, 0.15) is 17.6 Å². The molecule has 1 aliphatic carbocycles. The number of para-hydroxylation sites is 2. The van der Waals surface area contributed by atoms with Gasteiger partial charge in [0.25, 0.3) is 5.91 Å². The second kappa shape index (κ2) is 6.41. The van der Waals surface area contributed by atoms with Crippen LogP contribution in [0.5, 0.6) is 0 Å². The van der Waals surface area contributed by atoms with E-state index in [1.807, 2.05) is 24.3 Å². The van der Waals surface area contributed by atoms with Crippen LogP contribution in [0.1, 0.15) is 31.4 Å². The van der Waals surface area contributed by atoms with Crippen LogP contribution in [-0.2, 0) is 26.3 Å². The van der Waals surface area contributed by atoms with Crippen molar-refractivity contribution in [2.75, 3.05) is 16.8 Å². The van der Waals surface area contributed by atoms with E-state index in [1.54, 1.807) is 38.1 Å². The maximum Gasteiger partial charge on any atom is 0.325 e. The van der Waals surface area contributed by atoms with E-state index in [0.29, 0.717) is 24.2 Å². The number of hydrogen-bond acceptors (Lipinski definition) is 4. The zero-order chi connectivity index (χ0) is 22.0. The second-order valence-corrected chi connectivity index (χ2v) is 8.64. The van der Waals surface area contributed by atoms with Gasteiger partial charge in [0.2, 0.25) is 11.8 Å².